The van der Waals surface area contributed by atoms with E-state index in [0.717, 1.165) is 6.42 Å². The van der Waals surface area contributed by atoms with E-state index in [1.54, 1.807) is 0 Å². The van der Waals surface area contributed by atoms with Crippen molar-refractivity contribution in [1.82, 2.24) is 4.98 Å². The van der Waals surface area contributed by atoms with E-state index in [1.807, 2.05) is 13.8 Å². The van der Waals surface area contributed by atoms with Crippen molar-refractivity contribution >= 4 is 22.7 Å². The van der Waals surface area contributed by atoms with Crippen molar-refractivity contribution < 1.29 is 8.81 Å². The lowest BCUT2D eigenvalue weighted by atomic mass is 9.88. The summed E-state index contributed by atoms with van der Waals surface area (Å²) >= 11 is 5.70. The summed E-state index contributed by atoms with van der Waals surface area (Å²) in [6.07, 6.45) is 0.798. The molecule has 0 saturated carbocycles. The molecule has 2 aromatic rings. The Kier molecular flexibility index (Phi) is 3.10. The van der Waals surface area contributed by atoms with E-state index in [9.17, 15) is 4.39 Å². The van der Waals surface area contributed by atoms with Crippen molar-refractivity contribution in [2.24, 2.45) is 5.73 Å². The molecule has 0 aliphatic carbocycles. The van der Waals surface area contributed by atoms with Crippen LogP contribution in [0.2, 0.25) is 5.02 Å². The monoisotopic (exact) mass is 256 g/mol. The van der Waals surface area contributed by atoms with E-state index >= 15 is 0 Å². The zero-order valence-corrected chi connectivity index (χ0v) is 10.5. The molecule has 0 fully saturated rings. The van der Waals surface area contributed by atoms with Crippen LogP contribution in [0.15, 0.2) is 16.5 Å². The van der Waals surface area contributed by atoms with Crippen LogP contribution in [-0.2, 0) is 5.41 Å². The van der Waals surface area contributed by atoms with Gasteiger partial charge in [-0.25, -0.2) is 9.37 Å². The first-order chi connectivity index (χ1) is 8.00. The average Bonchev–Trinajstić information content (AvgIpc) is 2.72. The number of oxazole rings is 1. The van der Waals surface area contributed by atoms with Crippen molar-refractivity contribution in [3.63, 3.8) is 0 Å². The van der Waals surface area contributed by atoms with Crippen molar-refractivity contribution in [3.8, 4) is 0 Å². The summed E-state index contributed by atoms with van der Waals surface area (Å²) in [6, 6.07) is 2.71. The first kappa shape index (κ1) is 12.3. The highest BCUT2D eigenvalue weighted by molar-refractivity contribution is 6.31. The maximum absolute atomic E-state index is 13.3. The molecular weight excluding hydrogens is 243 g/mol. The Morgan fingerprint density at radius 1 is 1.53 bits per heavy atom. The molecule has 1 atom stereocenters. The second-order valence-corrected chi connectivity index (χ2v) is 4.78. The van der Waals surface area contributed by atoms with E-state index in [0.29, 0.717) is 23.5 Å². The van der Waals surface area contributed by atoms with Crippen LogP contribution in [0.5, 0.6) is 0 Å². The molecule has 0 aliphatic rings. The van der Waals surface area contributed by atoms with Crippen molar-refractivity contribution in [3.05, 3.63) is 28.9 Å². The van der Waals surface area contributed by atoms with Gasteiger partial charge in [0.2, 0.25) is 5.89 Å². The van der Waals surface area contributed by atoms with Crippen LogP contribution >= 0.6 is 11.6 Å². The van der Waals surface area contributed by atoms with E-state index in [4.69, 9.17) is 21.8 Å². The van der Waals surface area contributed by atoms with Crippen molar-refractivity contribution in [1.29, 1.82) is 0 Å². The molecule has 0 spiro atoms. The lowest BCUT2D eigenvalue weighted by Gasteiger charge is -2.21. The minimum Gasteiger partial charge on any atom is -0.440 e. The largest absolute Gasteiger partial charge is 0.440 e. The number of nitrogens with two attached hydrogens (primary N) is 1. The van der Waals surface area contributed by atoms with Crippen LogP contribution in [-0.4, -0.2) is 11.5 Å². The molecule has 1 heterocycles. The minimum absolute atomic E-state index is 0.0447. The molecule has 1 aromatic heterocycles. The van der Waals surface area contributed by atoms with Gasteiger partial charge in [0.15, 0.2) is 5.58 Å². The maximum atomic E-state index is 13.3. The van der Waals surface area contributed by atoms with Crippen LogP contribution in [0.4, 0.5) is 4.39 Å². The van der Waals surface area contributed by atoms with Gasteiger partial charge in [-0.3, -0.25) is 0 Å². The number of rotatable bonds is 3. The van der Waals surface area contributed by atoms with Gasteiger partial charge >= 0.3 is 0 Å². The summed E-state index contributed by atoms with van der Waals surface area (Å²) < 4.78 is 18.8. The second-order valence-electron chi connectivity index (χ2n) is 4.37. The van der Waals surface area contributed by atoms with E-state index in [-0.39, 0.29) is 10.4 Å². The van der Waals surface area contributed by atoms with E-state index < -0.39 is 5.82 Å². The molecule has 3 nitrogen and oxygen atoms in total. The molecule has 5 heteroatoms. The second kappa shape index (κ2) is 4.27. The Hall–Kier alpha value is -1.13. The van der Waals surface area contributed by atoms with Gasteiger partial charge in [0.25, 0.3) is 0 Å². The van der Waals surface area contributed by atoms with Gasteiger partial charge in [-0.2, -0.15) is 0 Å². The molecule has 0 aliphatic heterocycles. The summed E-state index contributed by atoms with van der Waals surface area (Å²) in [6.45, 7) is 4.40. The predicted octanol–water partition coefficient (Wildman–Crippen LogP) is 3.25. The van der Waals surface area contributed by atoms with Crippen molar-refractivity contribution in [2.45, 2.75) is 25.7 Å². The fourth-order valence-electron chi connectivity index (χ4n) is 1.56. The highest BCUT2D eigenvalue weighted by Crippen LogP contribution is 2.30. The van der Waals surface area contributed by atoms with E-state index in [1.165, 1.54) is 12.1 Å². The fraction of sp³-hybridized carbons (Fsp3) is 0.417. The molecule has 0 amide bonds. The Bertz CT molecular complexity index is 510. The minimum atomic E-state index is -0.507. The quantitative estimate of drug-likeness (QED) is 0.917. The molecule has 0 radical (unpaired) electrons. The third-order valence-corrected chi connectivity index (χ3v) is 3.47. The molecule has 1 aromatic carbocycles. The molecule has 1 unspecified atom stereocenters. The Labute approximate surface area is 104 Å². The number of benzene rings is 1. The number of hydrogen-bond acceptors (Lipinski definition) is 3. The Morgan fingerprint density at radius 3 is 2.82 bits per heavy atom. The lowest BCUT2D eigenvalue weighted by Crippen LogP contribution is -2.31. The van der Waals surface area contributed by atoms with Gasteiger partial charge in [-0.1, -0.05) is 18.5 Å². The van der Waals surface area contributed by atoms with Crippen LogP contribution < -0.4 is 5.73 Å². The first-order valence-electron chi connectivity index (χ1n) is 5.46. The number of nitrogens with zero attached hydrogens (tertiary/aromatic N) is 1. The van der Waals surface area contributed by atoms with Gasteiger partial charge in [-0.15, -0.1) is 0 Å². The van der Waals surface area contributed by atoms with Crippen LogP contribution in [0.3, 0.4) is 0 Å². The standard InChI is InChI=1S/C12H14ClFN2O/c1-3-12(2,6-15)11-16-9-4-7(13)8(14)5-10(9)17-11/h4-5H,3,6,15H2,1-2H3. The summed E-state index contributed by atoms with van der Waals surface area (Å²) in [5, 5.41) is 0.0447. The van der Waals surface area contributed by atoms with E-state index in [2.05, 4.69) is 4.98 Å². The molecule has 2 N–H and O–H groups in total. The molecular formula is C12H14ClFN2O. The Balaban J connectivity index is 2.58. The summed E-state index contributed by atoms with van der Waals surface area (Å²) in [7, 11) is 0. The van der Waals surface area contributed by atoms with Gasteiger partial charge in [0, 0.05) is 12.6 Å². The third-order valence-electron chi connectivity index (χ3n) is 3.18. The fourth-order valence-corrected chi connectivity index (χ4v) is 1.72. The van der Waals surface area contributed by atoms with Crippen LogP contribution in [0.25, 0.3) is 11.1 Å². The van der Waals surface area contributed by atoms with Gasteiger partial charge < -0.3 is 10.2 Å². The maximum Gasteiger partial charge on any atom is 0.202 e. The summed E-state index contributed by atoms with van der Waals surface area (Å²) in [5.74, 6) is 0.0204. The normalized spacial score (nSPS) is 15.1. The van der Waals surface area contributed by atoms with Crippen LogP contribution in [0, 0.1) is 5.82 Å². The lowest BCUT2D eigenvalue weighted by molar-refractivity contribution is 0.353. The Morgan fingerprint density at radius 2 is 2.24 bits per heavy atom. The molecule has 17 heavy (non-hydrogen) atoms. The highest BCUT2D eigenvalue weighted by atomic mass is 35.5. The number of fused-ring (bicyclic) bond motifs is 1. The molecule has 0 bridgehead atoms. The molecule has 92 valence electrons. The van der Waals surface area contributed by atoms with Gasteiger partial charge in [-0.05, 0) is 19.4 Å². The third kappa shape index (κ3) is 2.03. The van der Waals surface area contributed by atoms with Gasteiger partial charge in [0.05, 0.1) is 10.4 Å². The molecule has 2 rings (SSSR count). The average molecular weight is 257 g/mol. The summed E-state index contributed by atoms with van der Waals surface area (Å²) in [4.78, 5) is 4.33. The summed E-state index contributed by atoms with van der Waals surface area (Å²) in [5.41, 5.74) is 6.35. The number of hydrogen-bond donors (Lipinski definition) is 1. The molecule has 0 saturated heterocycles. The zero-order chi connectivity index (χ0) is 12.6. The van der Waals surface area contributed by atoms with Gasteiger partial charge in [0.1, 0.15) is 11.3 Å². The smallest absolute Gasteiger partial charge is 0.202 e. The number of halogens is 2. The zero-order valence-electron chi connectivity index (χ0n) is 9.76. The number of aromatic nitrogens is 1. The van der Waals surface area contributed by atoms with Crippen LogP contribution in [0.1, 0.15) is 26.2 Å². The first-order valence-corrected chi connectivity index (χ1v) is 5.84. The SMILES string of the molecule is CCC(C)(CN)c1nc2cc(Cl)c(F)cc2o1. The predicted molar refractivity (Wildman–Crippen MR) is 65.7 cm³/mol. The highest BCUT2D eigenvalue weighted by Gasteiger charge is 2.29. The topological polar surface area (TPSA) is 52.0 Å². The van der Waals surface area contributed by atoms with Crippen molar-refractivity contribution in [2.75, 3.05) is 6.54 Å².